The number of carbonyl (C=O) groups excluding carboxylic acids is 1. The number of fused-ring (bicyclic) bond motifs is 1. The lowest BCUT2D eigenvalue weighted by molar-refractivity contribution is -0.126. The molecular weight excluding hydrogens is 392 g/mol. The Morgan fingerprint density at radius 3 is 2.17 bits per heavy atom. The third-order valence-electron chi connectivity index (χ3n) is 7.51. The summed E-state index contributed by atoms with van der Waals surface area (Å²) in [6, 6.07) is 21.0. The quantitative estimate of drug-likeness (QED) is 0.668. The van der Waals surface area contributed by atoms with Gasteiger partial charge in [0.05, 0.1) is 0 Å². The Morgan fingerprint density at radius 1 is 0.933 bits per heavy atom. The zero-order chi connectivity index (χ0) is 20.6. The predicted octanol–water partition coefficient (Wildman–Crippen LogP) is 4.95. The first-order chi connectivity index (χ1) is 14.7. The van der Waals surface area contributed by atoms with Crippen molar-refractivity contribution in [3.8, 4) is 0 Å². The molecule has 0 radical (unpaired) electrons. The largest absolute Gasteiger partial charge is 0.351 e. The number of hydrogen-bond acceptors (Lipinski definition) is 2. The maximum Gasteiger partial charge on any atom is 0.246 e. The van der Waals surface area contributed by atoms with E-state index in [1.807, 2.05) is 30.3 Å². The molecule has 30 heavy (non-hydrogen) atoms. The van der Waals surface area contributed by atoms with Crippen molar-refractivity contribution in [1.82, 2.24) is 10.2 Å². The number of alkyl halides is 1. The van der Waals surface area contributed by atoms with Crippen LogP contribution in [-0.2, 0) is 16.2 Å². The Kier molecular flexibility index (Phi) is 5.59. The molecule has 2 saturated carbocycles. The number of carbonyl (C=O) groups is 1. The van der Waals surface area contributed by atoms with Crippen LogP contribution in [0, 0.1) is 17.8 Å². The molecule has 1 N–H and O–H groups in total. The Morgan fingerprint density at radius 2 is 1.53 bits per heavy atom. The van der Waals surface area contributed by atoms with Gasteiger partial charge in [-0.2, -0.15) is 0 Å². The topological polar surface area (TPSA) is 32.3 Å². The monoisotopic (exact) mass is 422 g/mol. The highest BCUT2D eigenvalue weighted by atomic mass is 35.5. The van der Waals surface area contributed by atoms with Gasteiger partial charge >= 0.3 is 0 Å². The van der Waals surface area contributed by atoms with E-state index >= 15 is 0 Å². The molecule has 4 atom stereocenters. The maximum absolute atomic E-state index is 13.6. The molecule has 5 rings (SSSR count). The highest BCUT2D eigenvalue weighted by Gasteiger charge is 2.58. The summed E-state index contributed by atoms with van der Waals surface area (Å²) in [6.45, 7) is 3.13. The minimum absolute atomic E-state index is 0.0243. The third kappa shape index (κ3) is 3.78. The molecule has 2 aromatic rings. The second-order valence-electron chi connectivity index (χ2n) is 9.42. The lowest BCUT2D eigenvalue weighted by Gasteiger charge is -2.37. The van der Waals surface area contributed by atoms with Gasteiger partial charge in [0.25, 0.3) is 0 Å². The molecule has 158 valence electrons. The molecule has 2 unspecified atom stereocenters. The molecule has 1 aliphatic heterocycles. The summed E-state index contributed by atoms with van der Waals surface area (Å²) in [5.41, 5.74) is 2.31. The number of likely N-dealkylation sites (tertiary alicyclic amines) is 1. The molecule has 3 aliphatic rings. The molecule has 2 aromatic carbocycles. The van der Waals surface area contributed by atoms with Crippen molar-refractivity contribution < 1.29 is 4.79 Å². The van der Waals surface area contributed by atoms with Gasteiger partial charge in [-0.3, -0.25) is 9.69 Å². The van der Waals surface area contributed by atoms with Crippen molar-refractivity contribution in [3.05, 3.63) is 71.8 Å². The molecule has 4 heteroatoms. The van der Waals surface area contributed by atoms with Crippen LogP contribution in [0.2, 0.25) is 0 Å². The fourth-order valence-electron chi connectivity index (χ4n) is 5.79. The van der Waals surface area contributed by atoms with Crippen LogP contribution in [0.25, 0.3) is 0 Å². The molecular formula is C26H31ClN2O. The summed E-state index contributed by atoms with van der Waals surface area (Å²) < 4.78 is 0. The van der Waals surface area contributed by atoms with Gasteiger partial charge in [-0.1, -0.05) is 79.9 Å². The summed E-state index contributed by atoms with van der Waals surface area (Å²) in [4.78, 5) is 15.1. The zero-order valence-corrected chi connectivity index (χ0v) is 18.2. The summed E-state index contributed by atoms with van der Waals surface area (Å²) >= 11 is 7.24. The van der Waals surface area contributed by atoms with Crippen molar-refractivity contribution in [2.24, 2.45) is 17.8 Å². The van der Waals surface area contributed by atoms with Gasteiger partial charge in [0, 0.05) is 25.7 Å². The zero-order valence-electron chi connectivity index (χ0n) is 17.5. The molecule has 0 aromatic heterocycles. The van der Waals surface area contributed by atoms with Crippen LogP contribution < -0.4 is 5.32 Å². The second kappa shape index (κ2) is 8.36. The summed E-state index contributed by atoms with van der Waals surface area (Å²) in [6.07, 6.45) is 5.66. The standard InChI is InChI=1S/C26H31ClN2O/c27-26(20-12-6-2-7-13-20,21-14-8-3-9-15-21)25(30)28-24-22-17-29(18-23(22)24)16-19-10-4-1-5-11-19/h1-2,4-7,10-13,21-24H,3,8-9,14-18H2,(H,28,30)/t22-,23+,24?,26?. The number of amides is 1. The molecule has 2 aliphatic carbocycles. The fourth-order valence-corrected chi connectivity index (χ4v) is 6.19. The van der Waals surface area contributed by atoms with E-state index in [1.54, 1.807) is 0 Å². The first-order valence-electron chi connectivity index (χ1n) is 11.5. The first kappa shape index (κ1) is 20.1. The normalized spacial score (nSPS) is 28.5. The minimum Gasteiger partial charge on any atom is -0.351 e. The Labute approximate surface area is 184 Å². The fraction of sp³-hybridized carbons (Fsp3) is 0.500. The summed E-state index contributed by atoms with van der Waals surface area (Å²) in [5.74, 6) is 1.38. The van der Waals surface area contributed by atoms with Crippen LogP contribution in [0.3, 0.4) is 0 Å². The van der Waals surface area contributed by atoms with E-state index in [2.05, 4.69) is 40.5 Å². The average molecular weight is 423 g/mol. The highest BCUT2D eigenvalue weighted by Crippen LogP contribution is 2.49. The lowest BCUT2D eigenvalue weighted by atomic mass is 9.75. The molecule has 3 fully saturated rings. The number of nitrogens with one attached hydrogen (secondary N) is 1. The van der Waals surface area contributed by atoms with Gasteiger partial charge in [0.15, 0.2) is 4.87 Å². The van der Waals surface area contributed by atoms with Gasteiger partial charge < -0.3 is 5.32 Å². The van der Waals surface area contributed by atoms with Crippen LogP contribution in [0.4, 0.5) is 0 Å². The number of hydrogen-bond donors (Lipinski definition) is 1. The van der Waals surface area contributed by atoms with Crippen LogP contribution in [0.15, 0.2) is 60.7 Å². The minimum atomic E-state index is -0.942. The number of piperidine rings is 1. The van der Waals surface area contributed by atoms with E-state index in [0.717, 1.165) is 38.0 Å². The Bertz CT molecular complexity index is 855. The van der Waals surface area contributed by atoms with Gasteiger partial charge in [0.1, 0.15) is 0 Å². The average Bonchev–Trinajstić information content (AvgIpc) is 3.24. The van der Waals surface area contributed by atoms with Gasteiger partial charge in [-0.05, 0) is 41.7 Å². The van der Waals surface area contributed by atoms with E-state index in [1.165, 1.54) is 24.8 Å². The van der Waals surface area contributed by atoms with Crippen LogP contribution in [-0.4, -0.2) is 29.9 Å². The van der Waals surface area contributed by atoms with Crippen molar-refractivity contribution >= 4 is 17.5 Å². The van der Waals surface area contributed by atoms with E-state index in [4.69, 9.17) is 11.6 Å². The number of halogens is 1. The molecule has 0 spiro atoms. The number of benzene rings is 2. The Balaban J connectivity index is 1.24. The van der Waals surface area contributed by atoms with E-state index in [-0.39, 0.29) is 17.9 Å². The molecule has 0 bridgehead atoms. The van der Waals surface area contributed by atoms with E-state index < -0.39 is 4.87 Å². The van der Waals surface area contributed by atoms with Gasteiger partial charge in [-0.25, -0.2) is 0 Å². The van der Waals surface area contributed by atoms with Crippen molar-refractivity contribution in [1.29, 1.82) is 0 Å². The van der Waals surface area contributed by atoms with Gasteiger partial charge in [0.2, 0.25) is 5.91 Å². The molecule has 1 saturated heterocycles. The molecule has 3 nitrogen and oxygen atoms in total. The van der Waals surface area contributed by atoms with E-state index in [9.17, 15) is 4.79 Å². The molecule has 1 amide bonds. The second-order valence-corrected chi connectivity index (χ2v) is 10.0. The smallest absolute Gasteiger partial charge is 0.246 e. The lowest BCUT2D eigenvalue weighted by Crippen LogP contribution is -2.48. The van der Waals surface area contributed by atoms with E-state index in [0.29, 0.717) is 11.8 Å². The summed E-state index contributed by atoms with van der Waals surface area (Å²) in [7, 11) is 0. The number of rotatable bonds is 6. The van der Waals surface area contributed by atoms with Gasteiger partial charge in [-0.15, -0.1) is 11.6 Å². The first-order valence-corrected chi connectivity index (χ1v) is 11.9. The Hall–Kier alpha value is -1.84. The molecule has 1 heterocycles. The number of nitrogens with zero attached hydrogens (tertiary/aromatic N) is 1. The van der Waals surface area contributed by atoms with Crippen molar-refractivity contribution in [3.63, 3.8) is 0 Å². The predicted molar refractivity (Wildman–Crippen MR) is 121 cm³/mol. The highest BCUT2D eigenvalue weighted by molar-refractivity contribution is 6.35. The SMILES string of the molecule is O=C(NC1[C@H]2CN(Cc3ccccc3)C[C@@H]12)C(Cl)(c1ccccc1)C1CCCCC1. The van der Waals surface area contributed by atoms with Crippen LogP contribution in [0.5, 0.6) is 0 Å². The van der Waals surface area contributed by atoms with Crippen LogP contribution in [0.1, 0.15) is 43.2 Å². The summed E-state index contributed by atoms with van der Waals surface area (Å²) in [5, 5.41) is 3.38. The van der Waals surface area contributed by atoms with Crippen molar-refractivity contribution in [2.75, 3.05) is 13.1 Å². The van der Waals surface area contributed by atoms with Crippen LogP contribution >= 0.6 is 11.6 Å². The van der Waals surface area contributed by atoms with Crippen molar-refractivity contribution in [2.45, 2.75) is 49.6 Å². The maximum atomic E-state index is 13.6. The third-order valence-corrected chi connectivity index (χ3v) is 8.21.